The van der Waals surface area contributed by atoms with Crippen molar-refractivity contribution >= 4 is 173 Å². The first kappa shape index (κ1) is 80.6. The maximum Gasteiger partial charge on any atom is 0.223 e. The van der Waals surface area contributed by atoms with E-state index in [-0.39, 0.29) is 0 Å². The molecular weight excluding hydrogens is 1750 g/mol. The van der Waals surface area contributed by atoms with E-state index in [4.69, 9.17) is 39.9 Å². The molecule has 0 aliphatic heterocycles. The van der Waals surface area contributed by atoms with Crippen LogP contribution in [0.4, 0.5) is 17.1 Å². The third-order valence-corrected chi connectivity index (χ3v) is 27.0. The first-order valence-corrected chi connectivity index (χ1v) is 47.4. The van der Waals surface area contributed by atoms with Gasteiger partial charge in [-0.15, -0.1) is 0 Å². The molecule has 30 rings (SSSR count). The van der Waals surface area contributed by atoms with Crippen molar-refractivity contribution in [3.05, 3.63) is 485 Å². The van der Waals surface area contributed by atoms with Crippen molar-refractivity contribution in [1.29, 1.82) is 0 Å². The average molecular weight is 1830 g/mol. The van der Waals surface area contributed by atoms with Gasteiger partial charge in [-0.2, -0.15) is 0 Å². The lowest BCUT2D eigenvalue weighted by Crippen LogP contribution is -2.09. The van der Waals surface area contributed by atoms with Crippen LogP contribution in [0.15, 0.2) is 485 Å². The summed E-state index contributed by atoms with van der Waals surface area (Å²) in [6.45, 7) is 0. The summed E-state index contributed by atoms with van der Waals surface area (Å²) in [6, 6.07) is 168. The van der Waals surface area contributed by atoms with Crippen LogP contribution in [-0.2, 0) is 0 Å². The van der Waals surface area contributed by atoms with Crippen LogP contribution in [0, 0.1) is 0 Å². The van der Waals surface area contributed by atoms with E-state index in [1.807, 2.05) is 72.8 Å². The average Bonchev–Trinajstić information content (AvgIpc) is 1.56. The zero-order chi connectivity index (χ0) is 93.4. The van der Waals surface area contributed by atoms with E-state index in [0.717, 1.165) is 235 Å². The van der Waals surface area contributed by atoms with Crippen molar-refractivity contribution in [2.45, 2.75) is 0 Å². The number of aromatic nitrogens is 19. The van der Waals surface area contributed by atoms with Crippen LogP contribution in [0.1, 0.15) is 0 Å². The number of imidazole rings is 8. The maximum absolute atomic E-state index is 5.26. The minimum atomic E-state index is 0.774. The molecule has 20 heteroatoms. The van der Waals surface area contributed by atoms with Gasteiger partial charge in [-0.25, -0.2) is 53.6 Å². The number of benzene rings is 19. The van der Waals surface area contributed by atoms with Crippen molar-refractivity contribution in [1.82, 2.24) is 89.1 Å². The van der Waals surface area contributed by atoms with Crippen molar-refractivity contribution in [2.75, 3.05) is 4.90 Å². The van der Waals surface area contributed by atoms with Gasteiger partial charge in [0.1, 0.15) is 11.6 Å². The summed E-state index contributed by atoms with van der Waals surface area (Å²) in [6.07, 6.45) is 0. The molecule has 0 N–H and O–H groups in total. The van der Waals surface area contributed by atoms with Crippen molar-refractivity contribution in [2.24, 2.45) is 0 Å². The first-order valence-electron chi connectivity index (χ1n) is 47.4. The maximum atomic E-state index is 5.26. The van der Waals surface area contributed by atoms with Crippen LogP contribution in [0.5, 0.6) is 0 Å². The second-order valence-corrected chi connectivity index (χ2v) is 35.3. The van der Waals surface area contributed by atoms with Gasteiger partial charge in [0, 0.05) is 39.6 Å². The van der Waals surface area contributed by atoms with Gasteiger partial charge in [0.25, 0.3) is 0 Å². The molecule has 30 aromatic rings. The van der Waals surface area contributed by atoms with E-state index in [9.17, 15) is 0 Å². The summed E-state index contributed by atoms with van der Waals surface area (Å²) < 4.78 is 24.6. The summed E-state index contributed by atoms with van der Waals surface area (Å²) in [7, 11) is 0. The molecule has 0 radical (unpaired) electrons. The molecule has 0 spiro atoms. The van der Waals surface area contributed by atoms with E-state index < -0.39 is 0 Å². The van der Waals surface area contributed by atoms with Gasteiger partial charge < -0.3 is 4.90 Å². The van der Waals surface area contributed by atoms with Gasteiger partial charge in [-0.1, -0.05) is 255 Å². The largest absolute Gasteiger partial charge is 0.311 e. The summed E-state index contributed by atoms with van der Waals surface area (Å²) in [5, 5.41) is 0. The fourth-order valence-corrected chi connectivity index (χ4v) is 20.8. The number of fused-ring (bicyclic) bond motifs is 29. The number of nitrogens with zero attached hydrogens (tertiary/aromatic N) is 20. The number of hydrogen-bond acceptors (Lipinski definition) is 9. The molecule has 668 valence electrons. The van der Waals surface area contributed by atoms with Crippen LogP contribution in [0.2, 0.25) is 0 Å². The Balaban J connectivity index is 0.000000104. The number of anilines is 3. The van der Waals surface area contributed by atoms with Gasteiger partial charge >= 0.3 is 0 Å². The third-order valence-electron chi connectivity index (χ3n) is 27.0. The number of para-hydroxylation sites is 23. The topological polar surface area (TPSA) is 157 Å². The van der Waals surface area contributed by atoms with Crippen molar-refractivity contribution in [3.63, 3.8) is 0 Å². The molecule has 0 saturated heterocycles. The molecular formula is C122H80N20. The molecule has 142 heavy (non-hydrogen) atoms. The molecule has 0 bridgehead atoms. The number of hydrogen-bond donors (Lipinski definition) is 0. The van der Waals surface area contributed by atoms with Gasteiger partial charge in [-0.3, -0.25) is 35.5 Å². The molecule has 20 nitrogen and oxygen atoms in total. The van der Waals surface area contributed by atoms with Crippen molar-refractivity contribution < 1.29 is 0 Å². The van der Waals surface area contributed by atoms with Crippen LogP contribution >= 0.6 is 0 Å². The SMILES string of the molecule is c1ccc(-c2nc3ccccc3n2-c2ccc3c(c2)n2c4ccccc4nc2n(-c2ccccc2)c2nc4ccccc4n32)cc1.c1ccc(-n2c(-c3ccc4c(c3)n3c5ccccc5nc3n(-c3ccccc3)c3nc5ccccc5n43)nc3ccccc32)cc1.c1ccc(N(c2ccccc2)c2ccc(-c3cccc(-n4c5nc6ccccc6n5c5ccccc5n5c6ccccc6nc45)c3)cc2)cc1. The fourth-order valence-electron chi connectivity index (χ4n) is 20.8. The minimum Gasteiger partial charge on any atom is -0.311 e. The highest BCUT2D eigenvalue weighted by Gasteiger charge is 2.27. The highest BCUT2D eigenvalue weighted by Crippen LogP contribution is 2.42. The first-order chi connectivity index (χ1) is 70.5. The Morgan fingerprint density at radius 1 is 0.134 bits per heavy atom. The molecule has 11 heterocycles. The van der Waals surface area contributed by atoms with E-state index in [1.54, 1.807) is 0 Å². The molecule has 0 saturated carbocycles. The standard InChI is InChI=1S/C44H30N6.2C39H25N7/c1-3-15-33(16-4-1)47(34-17-5-2-6-18-34)35-28-26-31(27-29-35)32-14-13-19-36(30-32)48-43-45-37-20-7-9-22-39(37)49(43)41-24-11-12-25-42(41)50-40-23-10-8-21-38(40)46-44(48)50;1-3-13-27(14-4-1)43-32-20-10-7-17-29(32)40-37(43)26-23-24-35-36(25-26)46-34-22-12-9-19-31(34)42-39(46)44(28-15-5-2-6-16-28)38-41-30-18-8-11-21-33(30)45(35)38;1-3-13-26(14-4-1)37-40-29-17-7-10-20-32(29)43(37)28-23-24-35-36(25-28)46-34-22-12-9-19-31(34)42-39(46)44(27-15-5-2-6-16-27)38-41-30-18-8-11-21-33(30)45(35)38/h1-30H;2*1-25H. The molecule has 0 atom stereocenters. The predicted octanol–water partition coefficient (Wildman–Crippen LogP) is 28.5. The van der Waals surface area contributed by atoms with Crippen LogP contribution < -0.4 is 4.90 Å². The van der Waals surface area contributed by atoms with Gasteiger partial charge in [0.2, 0.25) is 34.7 Å². The predicted molar refractivity (Wildman–Crippen MR) is 574 cm³/mol. The summed E-state index contributed by atoms with van der Waals surface area (Å²) in [4.78, 5) is 44.1. The molecule has 0 aliphatic carbocycles. The normalized spacial score (nSPS) is 11.8. The number of rotatable bonds is 11. The summed E-state index contributed by atoms with van der Waals surface area (Å²) in [5.74, 6) is 6.48. The highest BCUT2D eigenvalue weighted by molar-refractivity contribution is 6.00. The van der Waals surface area contributed by atoms with E-state index in [0.29, 0.717) is 0 Å². The fraction of sp³-hybridized carbons (Fsp3) is 0. The molecule has 0 amide bonds. The van der Waals surface area contributed by atoms with E-state index in [2.05, 4.69) is 467 Å². The zero-order valence-electron chi connectivity index (χ0n) is 76.1. The highest BCUT2D eigenvalue weighted by atomic mass is 15.3. The smallest absolute Gasteiger partial charge is 0.223 e. The van der Waals surface area contributed by atoms with Crippen molar-refractivity contribution in [3.8, 4) is 62.3 Å². The molecule has 0 aliphatic rings. The van der Waals surface area contributed by atoms with Gasteiger partial charge in [0.15, 0.2) is 0 Å². The van der Waals surface area contributed by atoms with E-state index in [1.165, 1.54) is 0 Å². The Hall–Kier alpha value is -19.9. The Morgan fingerprint density at radius 3 is 0.768 bits per heavy atom. The Labute approximate surface area is 809 Å². The van der Waals surface area contributed by atoms with Crippen LogP contribution in [-0.4, -0.2) is 89.1 Å². The Bertz CT molecular complexity index is 10200. The second-order valence-electron chi connectivity index (χ2n) is 35.3. The second kappa shape index (κ2) is 33.0. The Morgan fingerprint density at radius 2 is 0.380 bits per heavy atom. The lowest BCUT2D eigenvalue weighted by molar-refractivity contribution is 1.03. The molecule has 11 aromatic heterocycles. The Kier molecular flexibility index (Phi) is 18.7. The van der Waals surface area contributed by atoms with Crippen LogP contribution in [0.25, 0.3) is 218 Å². The zero-order valence-corrected chi connectivity index (χ0v) is 76.1. The molecule has 0 unspecified atom stereocenters. The third kappa shape index (κ3) is 13.1. The summed E-state index contributed by atoms with van der Waals surface area (Å²) in [5.41, 5.74) is 34.4. The molecule has 19 aromatic carbocycles. The van der Waals surface area contributed by atoms with Gasteiger partial charge in [0.05, 0.1) is 138 Å². The minimum absolute atomic E-state index is 0.774. The molecule has 0 fully saturated rings. The lowest BCUT2D eigenvalue weighted by atomic mass is 10.0. The summed E-state index contributed by atoms with van der Waals surface area (Å²) >= 11 is 0. The van der Waals surface area contributed by atoms with Gasteiger partial charge in [-0.05, 0) is 242 Å². The quantitative estimate of drug-likeness (QED) is 0.123. The van der Waals surface area contributed by atoms with E-state index >= 15 is 0 Å². The monoisotopic (exact) mass is 1820 g/mol. The van der Waals surface area contributed by atoms with Crippen LogP contribution in [0.3, 0.4) is 0 Å². The lowest BCUT2D eigenvalue weighted by Gasteiger charge is -2.25.